The number of ether oxygens (including phenoxy) is 3. The summed E-state index contributed by atoms with van der Waals surface area (Å²) < 4.78 is 15.1. The van der Waals surface area contributed by atoms with Gasteiger partial charge in [-0.3, -0.25) is 9.59 Å². The lowest BCUT2D eigenvalue weighted by Gasteiger charge is -2.28. The van der Waals surface area contributed by atoms with Crippen LogP contribution in [0.5, 0.6) is 0 Å². The molecule has 0 bridgehead atoms. The zero-order valence-corrected chi connectivity index (χ0v) is 19.3. The molecule has 0 heterocycles. The topological polar surface area (TPSA) is 96.0 Å². The maximum Gasteiger partial charge on any atom is 0.335 e. The van der Waals surface area contributed by atoms with Gasteiger partial charge in [0.25, 0.3) is 0 Å². The van der Waals surface area contributed by atoms with E-state index in [0.717, 1.165) is 19.8 Å². The largest absolute Gasteiger partial charge is 0.468 e. The fraction of sp³-hybridized carbons (Fsp3) is 0.259. The second-order valence-electron chi connectivity index (χ2n) is 7.60. The van der Waals surface area contributed by atoms with Crippen LogP contribution in [-0.4, -0.2) is 44.5 Å². The van der Waals surface area contributed by atoms with Gasteiger partial charge in [0.2, 0.25) is 0 Å². The smallest absolute Gasteiger partial charge is 0.335 e. The van der Waals surface area contributed by atoms with E-state index in [0.29, 0.717) is 11.1 Å². The monoisotopic (exact) mass is 462 g/mol. The summed E-state index contributed by atoms with van der Waals surface area (Å²) in [6, 6.07) is 18.3. The standard InChI is InChI=1S/C27H26O7/c1-4-34-27(31)22-20(18-13-9-6-10-14-18)15-19(17-11-7-5-8-12-17)16-21(28)23(25(29)32-2)24(22)26(30)33-3/h5-14,16,20,23H,4,15H2,1-3H3/b19-16+,24-22-. The molecule has 2 aromatic rings. The number of carbonyl (C=O) groups is 4. The van der Waals surface area contributed by atoms with E-state index in [2.05, 4.69) is 0 Å². The third kappa shape index (κ3) is 5.14. The van der Waals surface area contributed by atoms with Crippen molar-refractivity contribution in [2.45, 2.75) is 19.3 Å². The van der Waals surface area contributed by atoms with Crippen molar-refractivity contribution < 1.29 is 33.4 Å². The zero-order valence-electron chi connectivity index (χ0n) is 19.3. The second kappa shape index (κ2) is 11.2. The highest BCUT2D eigenvalue weighted by atomic mass is 16.5. The molecule has 34 heavy (non-hydrogen) atoms. The molecule has 2 unspecified atom stereocenters. The fourth-order valence-corrected chi connectivity index (χ4v) is 4.10. The number of hydrogen-bond acceptors (Lipinski definition) is 7. The predicted molar refractivity (Wildman–Crippen MR) is 124 cm³/mol. The second-order valence-corrected chi connectivity index (χ2v) is 7.60. The van der Waals surface area contributed by atoms with E-state index in [-0.39, 0.29) is 24.2 Å². The molecule has 2 aromatic carbocycles. The van der Waals surface area contributed by atoms with Gasteiger partial charge in [-0.05, 0) is 36.1 Å². The van der Waals surface area contributed by atoms with E-state index in [1.807, 2.05) is 60.7 Å². The Labute approximate surface area is 198 Å². The third-order valence-electron chi connectivity index (χ3n) is 5.64. The average molecular weight is 462 g/mol. The lowest BCUT2D eigenvalue weighted by atomic mass is 9.75. The van der Waals surface area contributed by atoms with Gasteiger partial charge in [-0.2, -0.15) is 0 Å². The van der Waals surface area contributed by atoms with E-state index in [4.69, 9.17) is 14.2 Å². The number of rotatable bonds is 6. The highest BCUT2D eigenvalue weighted by Crippen LogP contribution is 2.41. The molecule has 1 aliphatic carbocycles. The number of carbonyl (C=O) groups excluding carboxylic acids is 4. The van der Waals surface area contributed by atoms with Gasteiger partial charge >= 0.3 is 17.9 Å². The van der Waals surface area contributed by atoms with Crippen LogP contribution >= 0.6 is 0 Å². The van der Waals surface area contributed by atoms with E-state index in [9.17, 15) is 19.2 Å². The van der Waals surface area contributed by atoms with Crippen molar-refractivity contribution in [2.75, 3.05) is 20.8 Å². The van der Waals surface area contributed by atoms with Gasteiger partial charge in [-0.15, -0.1) is 0 Å². The molecule has 0 fully saturated rings. The molecular formula is C27H26O7. The van der Waals surface area contributed by atoms with Crippen LogP contribution in [0, 0.1) is 5.92 Å². The fourth-order valence-electron chi connectivity index (χ4n) is 4.10. The summed E-state index contributed by atoms with van der Waals surface area (Å²) in [6.45, 7) is 1.67. The summed E-state index contributed by atoms with van der Waals surface area (Å²) in [4.78, 5) is 52.5. The number of methoxy groups -OCH3 is 2. The van der Waals surface area contributed by atoms with E-state index < -0.39 is 35.5 Å². The number of benzene rings is 2. The molecule has 0 N–H and O–H groups in total. The van der Waals surface area contributed by atoms with Gasteiger partial charge in [0.05, 0.1) is 32.0 Å². The van der Waals surface area contributed by atoms with Gasteiger partial charge in [-0.1, -0.05) is 60.7 Å². The van der Waals surface area contributed by atoms with E-state index in [1.165, 1.54) is 6.08 Å². The lowest BCUT2D eigenvalue weighted by Crippen LogP contribution is -2.35. The Hall–Kier alpha value is -4.00. The summed E-state index contributed by atoms with van der Waals surface area (Å²) in [5.74, 6) is -5.79. The summed E-state index contributed by atoms with van der Waals surface area (Å²) in [7, 11) is 2.24. The Morgan fingerprint density at radius 2 is 1.47 bits per heavy atom. The summed E-state index contributed by atoms with van der Waals surface area (Å²) in [5.41, 5.74) is 1.62. The molecule has 7 nitrogen and oxygen atoms in total. The summed E-state index contributed by atoms with van der Waals surface area (Å²) >= 11 is 0. The predicted octanol–water partition coefficient (Wildman–Crippen LogP) is 3.65. The Bertz CT molecular complexity index is 1130. The first-order valence-corrected chi connectivity index (χ1v) is 10.8. The van der Waals surface area contributed by atoms with Crippen LogP contribution in [0.4, 0.5) is 0 Å². The Kier molecular flexibility index (Phi) is 8.14. The van der Waals surface area contributed by atoms with Crippen molar-refractivity contribution in [1.82, 2.24) is 0 Å². The first-order chi connectivity index (χ1) is 16.4. The van der Waals surface area contributed by atoms with Gasteiger partial charge < -0.3 is 14.2 Å². The molecule has 7 heteroatoms. The molecule has 2 atom stereocenters. The molecule has 0 aliphatic heterocycles. The van der Waals surface area contributed by atoms with Crippen LogP contribution < -0.4 is 0 Å². The number of ketones is 1. The minimum Gasteiger partial charge on any atom is -0.468 e. The molecule has 0 aromatic heterocycles. The number of hydrogen-bond donors (Lipinski definition) is 0. The molecule has 0 radical (unpaired) electrons. The van der Waals surface area contributed by atoms with Crippen LogP contribution in [0.25, 0.3) is 5.57 Å². The zero-order chi connectivity index (χ0) is 24.7. The van der Waals surface area contributed by atoms with Gasteiger partial charge in [-0.25, -0.2) is 9.59 Å². The van der Waals surface area contributed by atoms with E-state index >= 15 is 0 Å². The lowest BCUT2D eigenvalue weighted by molar-refractivity contribution is -0.150. The molecular weight excluding hydrogens is 436 g/mol. The maximum absolute atomic E-state index is 13.4. The van der Waals surface area contributed by atoms with Crippen molar-refractivity contribution >= 4 is 29.3 Å². The van der Waals surface area contributed by atoms with Gasteiger partial charge in [0, 0.05) is 5.92 Å². The van der Waals surface area contributed by atoms with Gasteiger partial charge in [0.15, 0.2) is 11.7 Å². The average Bonchev–Trinajstić information content (AvgIpc) is 2.86. The molecule has 1 aliphatic rings. The SMILES string of the molecule is CCOC(=O)/C1=C(\C(=O)OC)C(C(=O)OC)C(=O)/C=C(/c2ccccc2)CC1c1ccccc1. The third-order valence-corrected chi connectivity index (χ3v) is 5.64. The van der Waals surface area contributed by atoms with Crippen LogP contribution in [0.3, 0.4) is 0 Å². The highest BCUT2D eigenvalue weighted by molar-refractivity contribution is 6.18. The van der Waals surface area contributed by atoms with Crippen LogP contribution in [0.1, 0.15) is 30.4 Å². The van der Waals surface area contributed by atoms with Crippen LogP contribution in [0.15, 0.2) is 77.9 Å². The first-order valence-electron chi connectivity index (χ1n) is 10.8. The molecule has 0 spiro atoms. The minimum atomic E-state index is -1.68. The molecule has 0 saturated heterocycles. The van der Waals surface area contributed by atoms with Crippen molar-refractivity contribution in [3.8, 4) is 0 Å². The molecule has 3 rings (SSSR count). The van der Waals surface area contributed by atoms with Crippen molar-refractivity contribution in [3.05, 3.63) is 89.0 Å². The van der Waals surface area contributed by atoms with Crippen molar-refractivity contribution in [2.24, 2.45) is 5.92 Å². The minimum absolute atomic E-state index is 0.0382. The van der Waals surface area contributed by atoms with Gasteiger partial charge in [0.1, 0.15) is 0 Å². The normalized spacial score (nSPS) is 22.0. The highest BCUT2D eigenvalue weighted by Gasteiger charge is 2.43. The Morgan fingerprint density at radius 3 is 2.03 bits per heavy atom. The molecule has 0 amide bonds. The van der Waals surface area contributed by atoms with Crippen LogP contribution in [-0.2, 0) is 33.4 Å². The van der Waals surface area contributed by atoms with Crippen molar-refractivity contribution in [1.29, 1.82) is 0 Å². The molecule has 176 valence electrons. The van der Waals surface area contributed by atoms with E-state index in [1.54, 1.807) is 6.92 Å². The molecule has 0 saturated carbocycles. The Balaban J connectivity index is 2.39. The van der Waals surface area contributed by atoms with Crippen LogP contribution in [0.2, 0.25) is 0 Å². The number of esters is 3. The summed E-state index contributed by atoms with van der Waals surface area (Å²) in [5, 5.41) is 0. The van der Waals surface area contributed by atoms with Crippen molar-refractivity contribution in [3.63, 3.8) is 0 Å². The number of allylic oxidation sites excluding steroid dienone is 2. The quantitative estimate of drug-likeness (QED) is 0.367. The summed E-state index contributed by atoms with van der Waals surface area (Å²) in [6.07, 6.45) is 1.56. The first kappa shape index (κ1) is 24.6. The Morgan fingerprint density at radius 1 is 0.853 bits per heavy atom. The maximum atomic E-state index is 13.4.